The lowest BCUT2D eigenvalue weighted by atomic mass is 10.2. The standard InChI is InChI=1S/C14H18N4O/c1-2-18-7-6-11(10-18)9-16-12-4-3-5-13(8-12)17-14(15)19/h3-8,10,16H,2,9H2,1H3,(H3,15,17,19). The monoisotopic (exact) mass is 258 g/mol. The maximum absolute atomic E-state index is 10.8. The Kier molecular flexibility index (Phi) is 4.07. The maximum Gasteiger partial charge on any atom is 0.316 e. The zero-order valence-electron chi connectivity index (χ0n) is 10.9. The number of nitrogens with zero attached hydrogens (tertiary/aromatic N) is 1. The van der Waals surface area contributed by atoms with E-state index in [2.05, 4.69) is 40.6 Å². The molecule has 2 amide bonds. The van der Waals surface area contributed by atoms with Crippen molar-refractivity contribution < 1.29 is 4.79 Å². The molecule has 2 aromatic rings. The number of anilines is 2. The van der Waals surface area contributed by atoms with Crippen molar-refractivity contribution >= 4 is 17.4 Å². The van der Waals surface area contributed by atoms with Gasteiger partial charge in [0, 0.05) is 36.9 Å². The fourth-order valence-corrected chi connectivity index (χ4v) is 1.85. The van der Waals surface area contributed by atoms with E-state index in [9.17, 15) is 4.79 Å². The summed E-state index contributed by atoms with van der Waals surface area (Å²) in [6.07, 6.45) is 4.17. The van der Waals surface area contributed by atoms with Gasteiger partial charge in [0.25, 0.3) is 0 Å². The zero-order chi connectivity index (χ0) is 13.7. The lowest BCUT2D eigenvalue weighted by Gasteiger charge is -2.07. The molecule has 1 aromatic carbocycles. The molecule has 0 aliphatic rings. The van der Waals surface area contributed by atoms with Crippen molar-refractivity contribution in [2.24, 2.45) is 5.73 Å². The molecule has 0 spiro atoms. The first-order valence-electron chi connectivity index (χ1n) is 6.22. The molecule has 0 atom stereocenters. The van der Waals surface area contributed by atoms with Crippen molar-refractivity contribution in [3.8, 4) is 0 Å². The number of carbonyl (C=O) groups excluding carboxylic acids is 1. The first kappa shape index (κ1) is 13.0. The molecule has 0 unspecified atom stereocenters. The minimum atomic E-state index is -0.558. The molecule has 5 heteroatoms. The van der Waals surface area contributed by atoms with Crippen LogP contribution < -0.4 is 16.4 Å². The van der Waals surface area contributed by atoms with Gasteiger partial charge in [-0.2, -0.15) is 0 Å². The average molecular weight is 258 g/mol. The Bertz CT molecular complexity index is 562. The third kappa shape index (κ3) is 3.77. The van der Waals surface area contributed by atoms with Gasteiger partial charge in [0.1, 0.15) is 0 Å². The van der Waals surface area contributed by atoms with Crippen LogP contribution in [0.3, 0.4) is 0 Å². The van der Waals surface area contributed by atoms with Crippen LogP contribution in [0.4, 0.5) is 16.2 Å². The van der Waals surface area contributed by atoms with E-state index in [0.29, 0.717) is 5.69 Å². The highest BCUT2D eigenvalue weighted by molar-refractivity contribution is 5.88. The van der Waals surface area contributed by atoms with Gasteiger partial charge in [0.05, 0.1) is 0 Å². The summed E-state index contributed by atoms with van der Waals surface area (Å²) in [4.78, 5) is 10.8. The molecule has 0 fully saturated rings. The van der Waals surface area contributed by atoms with Gasteiger partial charge in [-0.25, -0.2) is 4.79 Å². The first-order valence-corrected chi connectivity index (χ1v) is 6.22. The number of aromatic nitrogens is 1. The Balaban J connectivity index is 1.97. The van der Waals surface area contributed by atoms with Crippen LogP contribution in [0.1, 0.15) is 12.5 Å². The number of carbonyl (C=O) groups is 1. The minimum absolute atomic E-state index is 0.558. The quantitative estimate of drug-likeness (QED) is 0.771. The van der Waals surface area contributed by atoms with Crippen molar-refractivity contribution in [2.45, 2.75) is 20.0 Å². The average Bonchev–Trinajstić information content (AvgIpc) is 2.84. The Morgan fingerprint density at radius 1 is 1.32 bits per heavy atom. The fraction of sp³-hybridized carbons (Fsp3) is 0.214. The fourth-order valence-electron chi connectivity index (χ4n) is 1.85. The number of nitrogens with two attached hydrogens (primary N) is 1. The number of aryl methyl sites for hydroxylation is 1. The number of hydrogen-bond acceptors (Lipinski definition) is 2. The van der Waals surface area contributed by atoms with Crippen molar-refractivity contribution in [2.75, 3.05) is 10.6 Å². The van der Waals surface area contributed by atoms with Crippen molar-refractivity contribution in [3.63, 3.8) is 0 Å². The summed E-state index contributed by atoms with van der Waals surface area (Å²) >= 11 is 0. The Labute approximate surface area is 112 Å². The Hall–Kier alpha value is -2.43. The highest BCUT2D eigenvalue weighted by Crippen LogP contribution is 2.16. The molecule has 4 N–H and O–H groups in total. The molecule has 0 bridgehead atoms. The van der Waals surface area contributed by atoms with E-state index in [1.165, 1.54) is 5.56 Å². The van der Waals surface area contributed by atoms with Gasteiger partial charge in [-0.3, -0.25) is 0 Å². The lowest BCUT2D eigenvalue weighted by molar-refractivity contribution is 0.259. The van der Waals surface area contributed by atoms with Gasteiger partial charge in [0.15, 0.2) is 0 Å². The van der Waals surface area contributed by atoms with Gasteiger partial charge in [-0.15, -0.1) is 0 Å². The summed E-state index contributed by atoms with van der Waals surface area (Å²) in [7, 11) is 0. The van der Waals surface area contributed by atoms with Gasteiger partial charge in [-0.05, 0) is 36.8 Å². The van der Waals surface area contributed by atoms with Crippen molar-refractivity contribution in [1.82, 2.24) is 4.57 Å². The van der Waals surface area contributed by atoms with E-state index in [4.69, 9.17) is 5.73 Å². The summed E-state index contributed by atoms with van der Waals surface area (Å²) in [6, 6.07) is 8.98. The third-order valence-electron chi connectivity index (χ3n) is 2.80. The molecular weight excluding hydrogens is 240 g/mol. The molecule has 2 rings (SSSR count). The van der Waals surface area contributed by atoms with E-state index in [0.717, 1.165) is 18.8 Å². The second-order valence-electron chi connectivity index (χ2n) is 4.27. The van der Waals surface area contributed by atoms with E-state index >= 15 is 0 Å². The summed E-state index contributed by atoms with van der Waals surface area (Å²) in [5.74, 6) is 0. The molecule has 19 heavy (non-hydrogen) atoms. The Morgan fingerprint density at radius 2 is 2.11 bits per heavy atom. The van der Waals surface area contributed by atoms with Gasteiger partial charge >= 0.3 is 6.03 Å². The lowest BCUT2D eigenvalue weighted by Crippen LogP contribution is -2.19. The van der Waals surface area contributed by atoms with Crippen LogP contribution >= 0.6 is 0 Å². The molecular formula is C14H18N4O. The molecule has 1 heterocycles. The second-order valence-corrected chi connectivity index (χ2v) is 4.27. The normalized spacial score (nSPS) is 10.2. The number of urea groups is 1. The van der Waals surface area contributed by atoms with E-state index in [-0.39, 0.29) is 0 Å². The van der Waals surface area contributed by atoms with E-state index < -0.39 is 6.03 Å². The predicted octanol–water partition coefficient (Wildman–Crippen LogP) is 2.61. The zero-order valence-corrected chi connectivity index (χ0v) is 10.9. The molecule has 0 saturated heterocycles. The van der Waals surface area contributed by atoms with E-state index in [1.54, 1.807) is 6.07 Å². The number of nitrogens with one attached hydrogen (secondary N) is 2. The number of rotatable bonds is 5. The predicted molar refractivity (Wildman–Crippen MR) is 77.1 cm³/mol. The highest BCUT2D eigenvalue weighted by Gasteiger charge is 1.99. The van der Waals surface area contributed by atoms with Gasteiger partial charge in [0.2, 0.25) is 0 Å². The van der Waals surface area contributed by atoms with Gasteiger partial charge < -0.3 is 20.9 Å². The van der Waals surface area contributed by atoms with E-state index in [1.807, 2.05) is 18.2 Å². The Morgan fingerprint density at radius 3 is 2.79 bits per heavy atom. The van der Waals surface area contributed by atoms with Crippen LogP contribution in [-0.2, 0) is 13.1 Å². The van der Waals surface area contributed by atoms with Crippen LogP contribution in [0.2, 0.25) is 0 Å². The first-order chi connectivity index (χ1) is 9.17. The second kappa shape index (κ2) is 5.95. The molecule has 0 aliphatic heterocycles. The van der Waals surface area contributed by atoms with Crippen LogP contribution in [0.5, 0.6) is 0 Å². The maximum atomic E-state index is 10.8. The van der Waals surface area contributed by atoms with Crippen LogP contribution in [0.15, 0.2) is 42.7 Å². The highest BCUT2D eigenvalue weighted by atomic mass is 16.2. The molecule has 0 radical (unpaired) electrons. The number of benzene rings is 1. The third-order valence-corrected chi connectivity index (χ3v) is 2.80. The molecule has 0 aliphatic carbocycles. The largest absolute Gasteiger partial charge is 0.381 e. The molecule has 1 aromatic heterocycles. The topological polar surface area (TPSA) is 72.1 Å². The van der Waals surface area contributed by atoms with Crippen LogP contribution in [0.25, 0.3) is 0 Å². The summed E-state index contributed by atoms with van der Waals surface area (Å²) in [5.41, 5.74) is 7.93. The SMILES string of the molecule is CCn1ccc(CNc2cccc(NC(N)=O)c2)c1. The number of primary amides is 1. The van der Waals surface area contributed by atoms with Crippen molar-refractivity contribution in [3.05, 3.63) is 48.3 Å². The van der Waals surface area contributed by atoms with Crippen molar-refractivity contribution in [1.29, 1.82) is 0 Å². The summed E-state index contributed by atoms with van der Waals surface area (Å²) in [6.45, 7) is 3.82. The number of hydrogen-bond donors (Lipinski definition) is 3. The van der Waals surface area contributed by atoms with Crippen LogP contribution in [0, 0.1) is 0 Å². The minimum Gasteiger partial charge on any atom is -0.381 e. The smallest absolute Gasteiger partial charge is 0.316 e. The molecule has 100 valence electrons. The van der Waals surface area contributed by atoms with Crippen LogP contribution in [-0.4, -0.2) is 10.6 Å². The number of amides is 2. The van der Waals surface area contributed by atoms with Gasteiger partial charge in [-0.1, -0.05) is 6.07 Å². The summed E-state index contributed by atoms with van der Waals surface area (Å²) < 4.78 is 2.13. The molecule has 0 saturated carbocycles. The summed E-state index contributed by atoms with van der Waals surface area (Å²) in [5, 5.41) is 5.86. The molecule has 5 nitrogen and oxygen atoms in total.